The first-order valence-corrected chi connectivity index (χ1v) is 8.84. The van der Waals surface area contributed by atoms with Crippen LogP contribution in [0.2, 0.25) is 0 Å². The first-order valence-electron chi connectivity index (χ1n) is 8.84. The van der Waals surface area contributed by atoms with E-state index in [2.05, 4.69) is 10.6 Å². The van der Waals surface area contributed by atoms with Crippen molar-refractivity contribution in [2.75, 3.05) is 0 Å². The number of rotatable bonds is 10. The third-order valence-corrected chi connectivity index (χ3v) is 4.19. The summed E-state index contributed by atoms with van der Waals surface area (Å²) in [6.07, 6.45) is -0.526. The van der Waals surface area contributed by atoms with Crippen LogP contribution >= 0.6 is 0 Å². The largest absolute Gasteiger partial charge is 0.489 e. The number of ether oxygens (including phenoxy) is 1. The van der Waals surface area contributed by atoms with Crippen molar-refractivity contribution in [1.82, 2.24) is 10.6 Å². The summed E-state index contributed by atoms with van der Waals surface area (Å²) in [5.41, 5.74) is 12.1. The lowest BCUT2D eigenvalue weighted by Crippen LogP contribution is -2.50. The Morgan fingerprint density at radius 1 is 1.00 bits per heavy atom. The Morgan fingerprint density at radius 2 is 1.57 bits per heavy atom. The minimum atomic E-state index is -0.624. The molecule has 0 aliphatic heterocycles. The minimum absolute atomic E-state index is 0.231. The lowest BCUT2D eigenvalue weighted by Gasteiger charge is -2.26. The van der Waals surface area contributed by atoms with Crippen LogP contribution in [0.3, 0.4) is 0 Å². The molecule has 0 fully saturated rings. The van der Waals surface area contributed by atoms with E-state index in [1.54, 1.807) is 50.2 Å². The standard InChI is InChI=1S/C20H25FN4O3/c1-12(18(22)26)24-20(25-13(2)19(23)27)15-6-8-17(9-7-15)28-11-14-4-3-5-16(21)10-14/h3-10,12-13,20,24-25H,11H2,1-2H3,(H2,22,26)(H2,23,27). The van der Waals surface area contributed by atoms with E-state index in [4.69, 9.17) is 16.2 Å². The van der Waals surface area contributed by atoms with Gasteiger partial charge in [0, 0.05) is 0 Å². The second kappa shape index (κ2) is 9.82. The van der Waals surface area contributed by atoms with Gasteiger partial charge in [0.2, 0.25) is 11.8 Å². The van der Waals surface area contributed by atoms with Crippen LogP contribution < -0.4 is 26.8 Å². The average molecular weight is 388 g/mol. The van der Waals surface area contributed by atoms with Crippen molar-refractivity contribution in [3.63, 3.8) is 0 Å². The third-order valence-electron chi connectivity index (χ3n) is 4.19. The molecule has 28 heavy (non-hydrogen) atoms. The third kappa shape index (κ3) is 6.33. The van der Waals surface area contributed by atoms with Gasteiger partial charge in [0.05, 0.1) is 18.2 Å². The van der Waals surface area contributed by atoms with E-state index < -0.39 is 30.1 Å². The maximum Gasteiger partial charge on any atom is 0.234 e. The monoisotopic (exact) mass is 388 g/mol. The van der Waals surface area contributed by atoms with E-state index in [1.165, 1.54) is 12.1 Å². The lowest BCUT2D eigenvalue weighted by atomic mass is 10.1. The van der Waals surface area contributed by atoms with Gasteiger partial charge in [0.1, 0.15) is 18.2 Å². The zero-order valence-corrected chi connectivity index (χ0v) is 15.8. The molecule has 0 heterocycles. The van der Waals surface area contributed by atoms with E-state index in [-0.39, 0.29) is 12.4 Å². The molecule has 2 amide bonds. The molecule has 2 rings (SSSR count). The summed E-state index contributed by atoms with van der Waals surface area (Å²) in [6, 6.07) is 12.0. The Balaban J connectivity index is 2.08. The molecule has 7 nitrogen and oxygen atoms in total. The number of carbonyl (C=O) groups excluding carboxylic acids is 2. The van der Waals surface area contributed by atoms with Crippen LogP contribution in [0.25, 0.3) is 0 Å². The molecule has 0 aliphatic carbocycles. The van der Waals surface area contributed by atoms with Crippen molar-refractivity contribution >= 4 is 11.8 Å². The molecule has 0 spiro atoms. The number of primary amides is 2. The van der Waals surface area contributed by atoms with Gasteiger partial charge in [-0.2, -0.15) is 0 Å². The summed E-state index contributed by atoms with van der Waals surface area (Å²) in [5.74, 6) is -0.761. The van der Waals surface area contributed by atoms with E-state index in [1.807, 2.05) is 0 Å². The van der Waals surface area contributed by atoms with E-state index in [0.29, 0.717) is 5.75 Å². The number of benzene rings is 2. The fourth-order valence-electron chi connectivity index (χ4n) is 2.45. The van der Waals surface area contributed by atoms with Crippen molar-refractivity contribution in [1.29, 1.82) is 0 Å². The topological polar surface area (TPSA) is 119 Å². The van der Waals surface area contributed by atoms with Crippen molar-refractivity contribution in [3.05, 3.63) is 65.5 Å². The fraction of sp³-hybridized carbons (Fsp3) is 0.300. The first kappa shape index (κ1) is 21.3. The van der Waals surface area contributed by atoms with E-state index in [9.17, 15) is 14.0 Å². The molecule has 0 aliphatic rings. The van der Waals surface area contributed by atoms with Crippen LogP contribution in [-0.2, 0) is 16.2 Å². The molecule has 2 unspecified atom stereocenters. The number of halogens is 1. The number of nitrogens with one attached hydrogen (secondary N) is 2. The highest BCUT2D eigenvalue weighted by atomic mass is 19.1. The van der Waals surface area contributed by atoms with E-state index >= 15 is 0 Å². The van der Waals surface area contributed by atoms with Gasteiger partial charge < -0.3 is 16.2 Å². The predicted molar refractivity (Wildman–Crippen MR) is 103 cm³/mol. The SMILES string of the molecule is CC(NC(NC(C)C(N)=O)c1ccc(OCc2cccc(F)c2)cc1)C(N)=O. The maximum absolute atomic E-state index is 13.2. The van der Waals surface area contributed by atoms with Gasteiger partial charge in [-0.25, -0.2) is 4.39 Å². The molecule has 6 N–H and O–H groups in total. The molecule has 2 aromatic carbocycles. The van der Waals surface area contributed by atoms with Crippen LogP contribution in [0.4, 0.5) is 4.39 Å². The average Bonchev–Trinajstić information content (AvgIpc) is 2.66. The lowest BCUT2D eigenvalue weighted by molar-refractivity contribution is -0.120. The summed E-state index contributed by atoms with van der Waals surface area (Å²) in [6.45, 7) is 3.49. The molecule has 2 aromatic rings. The second-order valence-corrected chi connectivity index (χ2v) is 6.50. The van der Waals surface area contributed by atoms with Gasteiger partial charge >= 0.3 is 0 Å². The fourth-order valence-corrected chi connectivity index (χ4v) is 2.45. The summed E-state index contributed by atoms with van der Waals surface area (Å²) >= 11 is 0. The molecule has 2 atom stereocenters. The van der Waals surface area contributed by atoms with Gasteiger partial charge in [-0.3, -0.25) is 20.2 Å². The maximum atomic E-state index is 13.2. The Bertz CT molecular complexity index is 791. The normalized spacial score (nSPS) is 14.1. The number of hydrogen-bond acceptors (Lipinski definition) is 5. The highest BCUT2D eigenvalue weighted by molar-refractivity contribution is 5.80. The number of hydrogen-bond donors (Lipinski definition) is 4. The van der Waals surface area contributed by atoms with Crippen LogP contribution in [-0.4, -0.2) is 23.9 Å². The molecular weight excluding hydrogens is 363 g/mol. The van der Waals surface area contributed by atoms with Crippen molar-refractivity contribution in [2.24, 2.45) is 11.5 Å². The Hall–Kier alpha value is -2.97. The molecule has 0 bridgehead atoms. The van der Waals surface area contributed by atoms with Crippen LogP contribution in [0.5, 0.6) is 5.75 Å². The highest BCUT2D eigenvalue weighted by Gasteiger charge is 2.21. The highest BCUT2D eigenvalue weighted by Crippen LogP contribution is 2.19. The zero-order valence-electron chi connectivity index (χ0n) is 15.8. The summed E-state index contributed by atoms with van der Waals surface area (Å²) in [5, 5.41) is 6.05. The molecular formula is C20H25FN4O3. The molecule has 0 saturated heterocycles. The van der Waals surface area contributed by atoms with Gasteiger partial charge in [0.15, 0.2) is 0 Å². The van der Waals surface area contributed by atoms with Gasteiger partial charge in [0.25, 0.3) is 0 Å². The minimum Gasteiger partial charge on any atom is -0.489 e. The van der Waals surface area contributed by atoms with Gasteiger partial charge in [-0.15, -0.1) is 0 Å². The Kier molecular flexibility index (Phi) is 7.48. The van der Waals surface area contributed by atoms with Gasteiger partial charge in [-0.1, -0.05) is 24.3 Å². The van der Waals surface area contributed by atoms with Crippen molar-refractivity contribution in [3.8, 4) is 5.75 Å². The van der Waals surface area contributed by atoms with Gasteiger partial charge in [-0.05, 0) is 49.2 Å². The molecule has 0 aromatic heterocycles. The summed E-state index contributed by atoms with van der Waals surface area (Å²) in [7, 11) is 0. The first-order chi connectivity index (χ1) is 13.3. The van der Waals surface area contributed by atoms with Crippen LogP contribution in [0.15, 0.2) is 48.5 Å². The quantitative estimate of drug-likeness (QED) is 0.458. The molecule has 0 radical (unpaired) electrons. The second-order valence-electron chi connectivity index (χ2n) is 6.50. The van der Waals surface area contributed by atoms with Crippen molar-refractivity contribution < 1.29 is 18.7 Å². The summed E-state index contributed by atoms with van der Waals surface area (Å²) in [4.78, 5) is 22.8. The Morgan fingerprint density at radius 3 is 2.07 bits per heavy atom. The molecule has 150 valence electrons. The molecule has 0 saturated carbocycles. The number of nitrogens with two attached hydrogens (primary N) is 2. The Labute approximate surface area is 163 Å². The van der Waals surface area contributed by atoms with Crippen LogP contribution in [0, 0.1) is 5.82 Å². The summed E-state index contributed by atoms with van der Waals surface area (Å²) < 4.78 is 18.9. The van der Waals surface area contributed by atoms with E-state index in [0.717, 1.165) is 11.1 Å². The molecule has 8 heteroatoms. The number of carbonyl (C=O) groups is 2. The smallest absolute Gasteiger partial charge is 0.234 e. The zero-order chi connectivity index (χ0) is 20.7. The van der Waals surface area contributed by atoms with Crippen LogP contribution in [0.1, 0.15) is 31.1 Å². The van der Waals surface area contributed by atoms with Crippen molar-refractivity contribution in [2.45, 2.75) is 38.7 Å². The number of amides is 2. The predicted octanol–water partition coefficient (Wildman–Crippen LogP) is 1.33.